The fourth-order valence-electron chi connectivity index (χ4n) is 2.97. The molecule has 0 amide bonds. The first-order chi connectivity index (χ1) is 14.2. The molecule has 0 spiro atoms. The Labute approximate surface area is 261 Å². The minimum Gasteiger partial charge on any atom is -0.871 e. The van der Waals surface area contributed by atoms with Crippen molar-refractivity contribution in [3.63, 3.8) is 0 Å². The summed E-state index contributed by atoms with van der Waals surface area (Å²) in [6.07, 6.45) is 3.38. The molecule has 0 saturated carbocycles. The molecule has 0 bridgehead atoms. The van der Waals surface area contributed by atoms with Crippen LogP contribution >= 0.6 is 63.7 Å². The first-order valence-corrected chi connectivity index (χ1v) is 11.9. The summed E-state index contributed by atoms with van der Waals surface area (Å²) in [7, 11) is 0. The maximum atomic E-state index is 12.6. The monoisotopic (exact) mass is 714 g/mol. The van der Waals surface area contributed by atoms with Gasteiger partial charge in [0.05, 0.1) is 21.1 Å². The third-order valence-electron chi connectivity index (χ3n) is 4.27. The number of benzene rings is 2. The van der Waals surface area contributed by atoms with E-state index >= 15 is 0 Å². The van der Waals surface area contributed by atoms with Gasteiger partial charge in [-0.1, -0.05) is 55.8 Å². The third-order valence-corrected chi connectivity index (χ3v) is 6.62. The number of carbonyl (C=O) groups is 2. The smallest absolute Gasteiger partial charge is 0.871 e. The van der Waals surface area contributed by atoms with E-state index < -0.39 is 5.97 Å². The van der Waals surface area contributed by atoms with Gasteiger partial charge in [0.2, 0.25) is 5.78 Å². The summed E-state index contributed by atoms with van der Waals surface area (Å²) in [4.78, 5) is 24.8. The van der Waals surface area contributed by atoms with Gasteiger partial charge >= 0.3 is 57.4 Å². The van der Waals surface area contributed by atoms with Crippen LogP contribution in [-0.4, -0.2) is 23.8 Å². The van der Waals surface area contributed by atoms with E-state index in [4.69, 9.17) is 4.74 Å². The van der Waals surface area contributed by atoms with Gasteiger partial charge in [0.25, 0.3) is 0 Å². The number of rotatable bonds is 4. The van der Waals surface area contributed by atoms with E-state index in [9.17, 15) is 14.7 Å². The zero-order valence-electron chi connectivity index (χ0n) is 17.0. The third kappa shape index (κ3) is 6.62. The zero-order valence-corrected chi connectivity index (χ0v) is 26.4. The SMILES string of the molecule is CCOC(=O)c1ccccc1C(=C1C=C(Br)C(=O)C(Br)=C1)c1cc(Br)c([O-])c(Br)c1.O.[K+]. The largest absolute Gasteiger partial charge is 1.00 e. The molecule has 3 rings (SSSR count). The number of esters is 1. The molecule has 0 radical (unpaired) electrons. The van der Waals surface area contributed by atoms with Gasteiger partial charge in [0, 0.05) is 8.95 Å². The minimum atomic E-state index is -0.456. The van der Waals surface area contributed by atoms with E-state index in [0.717, 1.165) is 0 Å². The summed E-state index contributed by atoms with van der Waals surface area (Å²) < 4.78 is 6.72. The number of ether oxygens (including phenoxy) is 1. The van der Waals surface area contributed by atoms with Gasteiger partial charge in [-0.3, -0.25) is 4.79 Å². The molecule has 0 saturated heterocycles. The van der Waals surface area contributed by atoms with Crippen LogP contribution in [0.3, 0.4) is 0 Å². The summed E-state index contributed by atoms with van der Waals surface area (Å²) in [6.45, 7) is 1.99. The van der Waals surface area contributed by atoms with Crippen molar-refractivity contribution in [3.05, 3.63) is 88.7 Å². The van der Waals surface area contributed by atoms with Crippen molar-refractivity contribution in [2.45, 2.75) is 6.92 Å². The van der Waals surface area contributed by atoms with Crippen LogP contribution in [0, 0.1) is 0 Å². The second-order valence-electron chi connectivity index (χ2n) is 6.18. The van der Waals surface area contributed by atoms with Crippen molar-refractivity contribution in [1.82, 2.24) is 0 Å². The molecule has 0 fully saturated rings. The van der Waals surface area contributed by atoms with Gasteiger partial charge in [-0.25, -0.2) is 4.79 Å². The normalized spacial score (nSPS) is 12.8. The van der Waals surface area contributed by atoms with Crippen molar-refractivity contribution in [3.8, 4) is 5.75 Å². The Kier molecular flexibility index (Phi) is 12.5. The van der Waals surface area contributed by atoms with E-state index in [1.54, 1.807) is 49.4 Å². The number of carbonyl (C=O) groups excluding carboxylic acids is 2. The Balaban J connectivity index is 0.00000256. The molecule has 2 aromatic carbocycles. The minimum absolute atomic E-state index is 0. The fraction of sp³-hybridized carbons (Fsp3) is 0.0909. The van der Waals surface area contributed by atoms with Gasteiger partial charge in [-0.15, -0.1) is 0 Å². The Morgan fingerprint density at radius 1 is 0.969 bits per heavy atom. The van der Waals surface area contributed by atoms with E-state index in [0.29, 0.717) is 45.7 Å². The van der Waals surface area contributed by atoms with Crippen molar-refractivity contribution in [2.24, 2.45) is 0 Å². The van der Waals surface area contributed by atoms with Gasteiger partial charge in [-0.05, 0) is 91.4 Å². The number of allylic oxidation sites excluding steroid dienone is 5. The molecule has 0 unspecified atom stereocenters. The van der Waals surface area contributed by atoms with Crippen LogP contribution in [0.4, 0.5) is 0 Å². The van der Waals surface area contributed by atoms with E-state index in [1.165, 1.54) is 0 Å². The van der Waals surface area contributed by atoms with Crippen LogP contribution in [0.1, 0.15) is 28.4 Å². The summed E-state index contributed by atoms with van der Waals surface area (Å²) in [5.74, 6) is -0.828. The second-order valence-corrected chi connectivity index (χ2v) is 9.60. The number of halogens is 4. The van der Waals surface area contributed by atoms with Crippen LogP contribution in [0.2, 0.25) is 0 Å². The molecule has 0 aromatic heterocycles. The first-order valence-electron chi connectivity index (χ1n) is 8.70. The molecule has 0 aliphatic heterocycles. The van der Waals surface area contributed by atoms with Crippen molar-refractivity contribution < 1.29 is 76.3 Å². The maximum absolute atomic E-state index is 12.6. The maximum Gasteiger partial charge on any atom is 1.00 e. The zero-order chi connectivity index (χ0) is 22.0. The van der Waals surface area contributed by atoms with E-state index in [-0.39, 0.29) is 75.0 Å². The van der Waals surface area contributed by atoms with Crippen molar-refractivity contribution in [2.75, 3.05) is 6.61 Å². The number of hydrogen-bond donors (Lipinski definition) is 0. The van der Waals surface area contributed by atoms with Crippen LogP contribution in [0.25, 0.3) is 5.57 Å². The van der Waals surface area contributed by atoms with Crippen molar-refractivity contribution >= 4 is 81.0 Å². The Hall–Kier alpha value is 0.116. The Morgan fingerprint density at radius 2 is 1.47 bits per heavy atom. The van der Waals surface area contributed by atoms with Crippen molar-refractivity contribution in [1.29, 1.82) is 0 Å². The van der Waals surface area contributed by atoms with Crippen LogP contribution in [0.5, 0.6) is 5.75 Å². The molecular weight excluding hydrogens is 703 g/mol. The standard InChI is InChI=1S/C22H14Br4O4.K.H2O/c1-2-30-22(29)14-6-4-3-5-13(14)19(11-7-15(23)20(27)16(24)8-11)12-9-17(25)21(28)18(26)10-12;;/h3-10,27H,2H2,1H3;;1H2/q;+1;/p-1. The predicted octanol–water partition coefficient (Wildman–Crippen LogP) is 2.58. The average molecular weight is 718 g/mol. The van der Waals surface area contributed by atoms with E-state index in [1.807, 2.05) is 6.07 Å². The molecule has 10 heteroatoms. The summed E-state index contributed by atoms with van der Waals surface area (Å²) in [5, 5.41) is 12.2. The Morgan fingerprint density at radius 3 is 1.97 bits per heavy atom. The predicted molar refractivity (Wildman–Crippen MR) is 132 cm³/mol. The fourth-order valence-corrected chi connectivity index (χ4v) is 5.35. The molecule has 5 nitrogen and oxygen atoms in total. The van der Waals surface area contributed by atoms with Crippen LogP contribution in [-0.2, 0) is 9.53 Å². The molecule has 1 aliphatic rings. The quantitative estimate of drug-likeness (QED) is 0.359. The topological polar surface area (TPSA) is 97.9 Å². The van der Waals surface area contributed by atoms with E-state index in [2.05, 4.69) is 63.7 Å². The van der Waals surface area contributed by atoms with Gasteiger partial charge in [-0.2, -0.15) is 0 Å². The molecule has 32 heavy (non-hydrogen) atoms. The van der Waals surface area contributed by atoms with Crippen LogP contribution in [0.15, 0.2) is 72.0 Å². The molecule has 2 N–H and O–H groups in total. The summed E-state index contributed by atoms with van der Waals surface area (Å²) in [6, 6.07) is 10.4. The molecule has 0 atom stereocenters. The number of hydrogen-bond acceptors (Lipinski definition) is 4. The number of ketones is 1. The first kappa shape index (κ1) is 30.1. The molecule has 162 valence electrons. The average Bonchev–Trinajstić information content (AvgIpc) is 2.71. The van der Waals surface area contributed by atoms with Crippen LogP contribution < -0.4 is 56.5 Å². The molecule has 1 aliphatic carbocycles. The molecule has 2 aromatic rings. The summed E-state index contributed by atoms with van der Waals surface area (Å²) >= 11 is 13.2. The second kappa shape index (κ2) is 13.3. The number of Topliss-reactive ketones (excluding diaryl/α,β-unsaturated/α-hetero) is 1. The Bertz CT molecular complexity index is 1110. The van der Waals surface area contributed by atoms with Gasteiger partial charge in [0.1, 0.15) is 0 Å². The molecular formula is C22H15Br4KO5. The molecule has 0 heterocycles. The van der Waals surface area contributed by atoms with Gasteiger partial charge in [0.15, 0.2) is 0 Å². The summed E-state index contributed by atoms with van der Waals surface area (Å²) in [5.41, 5.74) is 3.03. The van der Waals surface area contributed by atoms with Gasteiger partial charge < -0.3 is 15.3 Å².